The predicted molar refractivity (Wildman–Crippen MR) is 134 cm³/mol. The van der Waals surface area contributed by atoms with Crippen molar-refractivity contribution >= 4 is 11.8 Å². The minimum atomic E-state index is -0.351. The zero-order valence-electron chi connectivity index (χ0n) is 21.7. The van der Waals surface area contributed by atoms with Crippen molar-refractivity contribution in [2.45, 2.75) is 97.1 Å². The van der Waals surface area contributed by atoms with Gasteiger partial charge in [0.2, 0.25) is 0 Å². The Morgan fingerprint density at radius 2 is 2.00 bits per heavy atom. The maximum absolute atomic E-state index is 12.5. The van der Waals surface area contributed by atoms with Gasteiger partial charge in [-0.3, -0.25) is 4.84 Å². The van der Waals surface area contributed by atoms with E-state index in [2.05, 4.69) is 37.3 Å². The van der Waals surface area contributed by atoms with Crippen LogP contribution in [0.4, 0.5) is 4.79 Å². The highest BCUT2D eigenvalue weighted by molar-refractivity contribution is 5.85. The molecule has 0 aromatic heterocycles. The lowest BCUT2D eigenvalue weighted by Crippen LogP contribution is -2.51. The molecule has 8 atom stereocenters. The molecule has 1 unspecified atom stereocenters. The smallest absolute Gasteiger partial charge is 0.389 e. The van der Waals surface area contributed by atoms with Crippen molar-refractivity contribution in [3.63, 3.8) is 0 Å². The number of carbonyl (C=O) groups excluding carboxylic acids is 1. The van der Waals surface area contributed by atoms with Gasteiger partial charge in [0, 0.05) is 25.6 Å². The molecule has 0 spiro atoms. The highest BCUT2D eigenvalue weighted by Crippen LogP contribution is 2.66. The summed E-state index contributed by atoms with van der Waals surface area (Å²) in [6.45, 7) is 8.75. The number of allylic oxidation sites excluding steroid dienone is 1. The first-order chi connectivity index (χ1) is 16.2. The Kier molecular flexibility index (Phi) is 6.60. The number of nitrogens with zero attached hydrogens (tertiary/aromatic N) is 2. The molecule has 190 valence electrons. The van der Waals surface area contributed by atoms with E-state index in [1.54, 1.807) is 11.9 Å². The number of carbonyl (C=O) groups is 1. The van der Waals surface area contributed by atoms with E-state index < -0.39 is 0 Å². The fourth-order valence-corrected chi connectivity index (χ4v) is 8.96. The lowest BCUT2D eigenvalue weighted by Gasteiger charge is -2.58. The van der Waals surface area contributed by atoms with Crippen LogP contribution < -0.4 is 5.32 Å². The third kappa shape index (κ3) is 4.13. The van der Waals surface area contributed by atoms with E-state index in [1.165, 1.54) is 37.7 Å². The molecule has 0 aromatic rings. The number of hydrogen-bond donors (Lipinski definition) is 2. The van der Waals surface area contributed by atoms with Crippen LogP contribution in [0.2, 0.25) is 0 Å². The summed E-state index contributed by atoms with van der Waals surface area (Å²) >= 11 is 0. The van der Waals surface area contributed by atoms with Crippen molar-refractivity contribution in [3.8, 4) is 0 Å². The van der Waals surface area contributed by atoms with Gasteiger partial charge >= 0.3 is 6.09 Å². The highest BCUT2D eigenvalue weighted by atomic mass is 16.7. The summed E-state index contributed by atoms with van der Waals surface area (Å²) in [4.78, 5) is 19.6. The van der Waals surface area contributed by atoms with Crippen LogP contribution in [0.5, 0.6) is 0 Å². The molecule has 5 aliphatic rings. The number of likely N-dealkylation sites (N-methyl/N-ethyl adjacent to an activating group) is 1. The molecule has 1 heterocycles. The molecule has 0 bridgehead atoms. The Hall–Kier alpha value is -1.40. The first-order valence-corrected chi connectivity index (χ1v) is 13.8. The number of rotatable bonds is 4. The van der Waals surface area contributed by atoms with E-state index in [4.69, 9.17) is 4.84 Å². The molecule has 0 aromatic carbocycles. The van der Waals surface area contributed by atoms with E-state index >= 15 is 0 Å². The van der Waals surface area contributed by atoms with Gasteiger partial charge in [0.05, 0.1) is 11.8 Å². The second kappa shape index (κ2) is 9.24. The van der Waals surface area contributed by atoms with Crippen LogP contribution in [0.1, 0.15) is 85.0 Å². The zero-order valence-corrected chi connectivity index (χ0v) is 21.7. The van der Waals surface area contributed by atoms with Gasteiger partial charge in [-0.25, -0.2) is 4.79 Å². The van der Waals surface area contributed by atoms with E-state index in [-0.39, 0.29) is 23.0 Å². The monoisotopic (exact) mass is 471 g/mol. The SMILES string of the molecule is C/C(=N\OC(=O)N(C)CC1CCCN1)[C@H]1CC[C@H]2[C@@H]3CCC4=C[C@@H](O)CC[C@]4(C)[C@H]3CC[C@]12C. The zero-order chi connectivity index (χ0) is 24.1. The minimum Gasteiger partial charge on any atom is -0.389 e. The summed E-state index contributed by atoms with van der Waals surface area (Å²) in [7, 11) is 1.80. The van der Waals surface area contributed by atoms with Gasteiger partial charge in [-0.2, -0.15) is 0 Å². The normalized spacial score (nSPS) is 44.0. The summed E-state index contributed by atoms with van der Waals surface area (Å²) in [5, 5.41) is 18.0. The quantitative estimate of drug-likeness (QED) is 0.258. The maximum atomic E-state index is 12.5. The fourth-order valence-electron chi connectivity index (χ4n) is 8.96. The van der Waals surface area contributed by atoms with Gasteiger partial charge in [0.1, 0.15) is 0 Å². The number of aliphatic hydroxyl groups is 1. The van der Waals surface area contributed by atoms with E-state index in [0.29, 0.717) is 18.5 Å². The highest BCUT2D eigenvalue weighted by Gasteiger charge is 2.59. The third-order valence-electron chi connectivity index (χ3n) is 10.8. The molecule has 0 radical (unpaired) electrons. The van der Waals surface area contributed by atoms with Gasteiger partial charge < -0.3 is 15.3 Å². The number of aliphatic hydroxyl groups excluding tert-OH is 1. The third-order valence-corrected chi connectivity index (χ3v) is 10.8. The van der Waals surface area contributed by atoms with Crippen molar-refractivity contribution in [1.82, 2.24) is 10.2 Å². The lowest BCUT2D eigenvalue weighted by molar-refractivity contribution is -0.0479. The topological polar surface area (TPSA) is 74.2 Å². The average molecular weight is 472 g/mol. The van der Waals surface area contributed by atoms with Crippen LogP contribution in [-0.2, 0) is 4.84 Å². The van der Waals surface area contributed by atoms with Gasteiger partial charge in [0.25, 0.3) is 0 Å². The number of nitrogens with one attached hydrogen (secondary N) is 1. The van der Waals surface area contributed by atoms with E-state index in [1.807, 2.05) is 0 Å². The van der Waals surface area contributed by atoms with Gasteiger partial charge in [-0.05, 0) is 106 Å². The van der Waals surface area contributed by atoms with E-state index in [0.717, 1.165) is 62.1 Å². The number of amides is 1. The molecule has 34 heavy (non-hydrogen) atoms. The van der Waals surface area contributed by atoms with Crippen molar-refractivity contribution in [2.75, 3.05) is 20.1 Å². The maximum Gasteiger partial charge on any atom is 0.435 e. The molecule has 6 heteroatoms. The molecule has 6 nitrogen and oxygen atoms in total. The van der Waals surface area contributed by atoms with Crippen LogP contribution >= 0.6 is 0 Å². The number of hydrogen-bond acceptors (Lipinski definition) is 5. The molecular formula is C28H45N3O3. The first kappa shape index (κ1) is 24.3. The largest absolute Gasteiger partial charge is 0.435 e. The molecule has 1 saturated heterocycles. The Morgan fingerprint density at radius 3 is 2.76 bits per heavy atom. The molecule has 5 rings (SSSR count). The van der Waals surface area contributed by atoms with Crippen LogP contribution in [0, 0.1) is 34.5 Å². The van der Waals surface area contributed by atoms with E-state index in [9.17, 15) is 9.90 Å². The molecule has 1 amide bonds. The van der Waals surface area contributed by atoms with Crippen molar-refractivity contribution < 1.29 is 14.7 Å². The van der Waals surface area contributed by atoms with Crippen molar-refractivity contribution in [2.24, 2.45) is 39.7 Å². The summed E-state index contributed by atoms with van der Waals surface area (Å²) in [6.07, 6.45) is 13.2. The lowest BCUT2D eigenvalue weighted by atomic mass is 9.46. The standard InChI is InChI=1S/C28H45N3O3/c1-18(30-34-26(33)31(4)17-20-6-5-15-29-20)23-9-10-24-22-8-7-19-16-21(32)11-13-27(19,2)25(22)12-14-28(23,24)3/h16,20-25,29,32H,5-15,17H2,1-4H3/b30-18+/t20?,21-,22-,23+,24-,25-,27-,28+/m0/s1. The molecule has 4 aliphatic carbocycles. The van der Waals surface area contributed by atoms with Crippen LogP contribution in [-0.4, -0.2) is 54.1 Å². The Balaban J connectivity index is 1.25. The first-order valence-electron chi connectivity index (χ1n) is 13.8. The summed E-state index contributed by atoms with van der Waals surface area (Å²) < 4.78 is 0. The average Bonchev–Trinajstić information content (AvgIpc) is 3.44. The molecule has 3 saturated carbocycles. The second-order valence-electron chi connectivity index (χ2n) is 12.6. The summed E-state index contributed by atoms with van der Waals surface area (Å²) in [5.41, 5.74) is 3.05. The fraction of sp³-hybridized carbons (Fsp3) is 0.857. The van der Waals surface area contributed by atoms with Gasteiger partial charge in [-0.15, -0.1) is 0 Å². The number of fused-ring (bicyclic) bond motifs is 5. The molecular weight excluding hydrogens is 426 g/mol. The van der Waals surface area contributed by atoms with Crippen molar-refractivity contribution in [1.29, 1.82) is 0 Å². The number of oxime groups is 1. The summed E-state index contributed by atoms with van der Waals surface area (Å²) in [6, 6.07) is 0.368. The van der Waals surface area contributed by atoms with Crippen LogP contribution in [0.3, 0.4) is 0 Å². The van der Waals surface area contributed by atoms with Crippen LogP contribution in [0.15, 0.2) is 16.8 Å². The van der Waals surface area contributed by atoms with Crippen molar-refractivity contribution in [3.05, 3.63) is 11.6 Å². The second-order valence-corrected chi connectivity index (χ2v) is 12.6. The van der Waals surface area contributed by atoms with Gasteiger partial charge in [0.15, 0.2) is 0 Å². The minimum absolute atomic E-state index is 0.237. The van der Waals surface area contributed by atoms with Crippen LogP contribution in [0.25, 0.3) is 0 Å². The summed E-state index contributed by atoms with van der Waals surface area (Å²) in [5.74, 6) is 2.62. The Labute approximate surface area is 205 Å². The molecule has 1 aliphatic heterocycles. The molecule has 2 N–H and O–H groups in total. The Bertz CT molecular complexity index is 850. The van der Waals surface area contributed by atoms with Gasteiger partial charge in [-0.1, -0.05) is 30.7 Å². The molecule has 4 fully saturated rings. The predicted octanol–water partition coefficient (Wildman–Crippen LogP) is 5.12. The Morgan fingerprint density at radius 1 is 1.18 bits per heavy atom.